The number of carbonyl (C=O) groups is 1. The summed E-state index contributed by atoms with van der Waals surface area (Å²) in [6.07, 6.45) is 4.56. The summed E-state index contributed by atoms with van der Waals surface area (Å²) in [6.45, 7) is 3.94. The number of carboxylic acid groups (broad SMARTS) is 1. The fraction of sp³-hybridized carbons (Fsp3) is 0.750. The quantitative estimate of drug-likeness (QED) is 0.810. The SMILES string of the molecule is CC(=CCl)CN1CCCCC1CCC(=O)O. The van der Waals surface area contributed by atoms with Crippen LogP contribution in [0, 0.1) is 0 Å². The minimum atomic E-state index is -0.699. The van der Waals surface area contributed by atoms with Crippen LogP contribution in [0.2, 0.25) is 0 Å². The lowest BCUT2D eigenvalue weighted by Gasteiger charge is -2.35. The number of hydrogen-bond donors (Lipinski definition) is 1. The van der Waals surface area contributed by atoms with Crippen molar-refractivity contribution < 1.29 is 9.90 Å². The van der Waals surface area contributed by atoms with Gasteiger partial charge in [-0.2, -0.15) is 0 Å². The Morgan fingerprint density at radius 2 is 2.31 bits per heavy atom. The summed E-state index contributed by atoms with van der Waals surface area (Å²) < 4.78 is 0. The summed E-state index contributed by atoms with van der Waals surface area (Å²) in [5.74, 6) is -0.699. The fourth-order valence-electron chi connectivity index (χ4n) is 2.24. The highest BCUT2D eigenvalue weighted by atomic mass is 35.5. The molecule has 0 aliphatic carbocycles. The van der Waals surface area contributed by atoms with Gasteiger partial charge in [-0.3, -0.25) is 9.69 Å². The van der Waals surface area contributed by atoms with Crippen LogP contribution in [0.1, 0.15) is 39.0 Å². The summed E-state index contributed by atoms with van der Waals surface area (Å²) in [4.78, 5) is 12.9. The third-order valence-corrected chi connectivity index (χ3v) is 3.45. The van der Waals surface area contributed by atoms with E-state index < -0.39 is 5.97 Å². The molecule has 1 saturated heterocycles. The first kappa shape index (κ1) is 13.5. The molecule has 1 rings (SSSR count). The third kappa shape index (κ3) is 4.54. The molecule has 0 aromatic carbocycles. The Balaban J connectivity index is 2.46. The first-order valence-electron chi connectivity index (χ1n) is 5.85. The van der Waals surface area contributed by atoms with E-state index in [9.17, 15) is 4.79 Å². The number of likely N-dealkylation sites (tertiary alicyclic amines) is 1. The van der Waals surface area contributed by atoms with Crippen LogP contribution in [0.25, 0.3) is 0 Å². The van der Waals surface area contributed by atoms with Crippen molar-refractivity contribution in [3.8, 4) is 0 Å². The van der Waals surface area contributed by atoms with E-state index in [2.05, 4.69) is 4.90 Å². The molecule has 0 saturated carbocycles. The van der Waals surface area contributed by atoms with Crippen LogP contribution >= 0.6 is 11.6 Å². The molecule has 1 N–H and O–H groups in total. The van der Waals surface area contributed by atoms with Crippen molar-refractivity contribution in [3.63, 3.8) is 0 Å². The highest BCUT2D eigenvalue weighted by Crippen LogP contribution is 2.21. The summed E-state index contributed by atoms with van der Waals surface area (Å²) in [5.41, 5.74) is 2.76. The smallest absolute Gasteiger partial charge is 0.303 e. The van der Waals surface area contributed by atoms with E-state index in [0.717, 1.165) is 31.5 Å². The van der Waals surface area contributed by atoms with Crippen molar-refractivity contribution in [3.05, 3.63) is 11.1 Å². The molecule has 0 aromatic heterocycles. The molecule has 1 atom stereocenters. The second kappa shape index (κ2) is 6.92. The number of halogens is 1. The molecule has 0 bridgehead atoms. The van der Waals surface area contributed by atoms with Crippen LogP contribution in [-0.2, 0) is 4.79 Å². The summed E-state index contributed by atoms with van der Waals surface area (Å²) in [6, 6.07) is 0.413. The number of carboxylic acids is 1. The molecule has 0 aromatic rings. The van der Waals surface area contributed by atoms with Gasteiger partial charge in [0.1, 0.15) is 0 Å². The van der Waals surface area contributed by atoms with Crippen molar-refractivity contribution >= 4 is 17.6 Å². The van der Waals surface area contributed by atoms with E-state index in [1.165, 1.54) is 12.8 Å². The second-order valence-electron chi connectivity index (χ2n) is 4.51. The Bertz CT molecular complexity index is 266. The zero-order valence-corrected chi connectivity index (χ0v) is 10.5. The van der Waals surface area contributed by atoms with Gasteiger partial charge >= 0.3 is 5.97 Å². The van der Waals surface area contributed by atoms with Crippen molar-refractivity contribution in [2.24, 2.45) is 0 Å². The molecule has 1 fully saturated rings. The van der Waals surface area contributed by atoms with Gasteiger partial charge in [0.2, 0.25) is 0 Å². The first-order valence-corrected chi connectivity index (χ1v) is 6.29. The number of rotatable bonds is 5. The molecule has 1 aliphatic rings. The Morgan fingerprint density at radius 3 is 2.94 bits per heavy atom. The van der Waals surface area contributed by atoms with E-state index >= 15 is 0 Å². The maximum atomic E-state index is 10.6. The van der Waals surface area contributed by atoms with Gasteiger partial charge in [0.15, 0.2) is 0 Å². The van der Waals surface area contributed by atoms with E-state index in [0.29, 0.717) is 6.04 Å². The zero-order chi connectivity index (χ0) is 12.0. The highest BCUT2D eigenvalue weighted by Gasteiger charge is 2.22. The second-order valence-corrected chi connectivity index (χ2v) is 4.73. The maximum Gasteiger partial charge on any atom is 0.303 e. The van der Waals surface area contributed by atoms with Crippen molar-refractivity contribution in [2.75, 3.05) is 13.1 Å². The van der Waals surface area contributed by atoms with Crippen molar-refractivity contribution in [1.82, 2.24) is 4.90 Å². The van der Waals surface area contributed by atoms with E-state index in [1.807, 2.05) is 6.92 Å². The molecule has 1 unspecified atom stereocenters. The number of aliphatic carboxylic acids is 1. The molecular formula is C12H20ClNO2. The molecule has 0 amide bonds. The predicted molar refractivity (Wildman–Crippen MR) is 65.7 cm³/mol. The number of piperidine rings is 1. The fourth-order valence-corrected chi connectivity index (χ4v) is 2.31. The molecule has 0 radical (unpaired) electrons. The van der Waals surface area contributed by atoms with Crippen LogP contribution < -0.4 is 0 Å². The average Bonchev–Trinajstić information content (AvgIpc) is 2.27. The summed E-state index contributed by atoms with van der Waals surface area (Å²) in [7, 11) is 0. The van der Waals surface area contributed by atoms with Gasteiger partial charge in [0, 0.05) is 24.5 Å². The van der Waals surface area contributed by atoms with Gasteiger partial charge < -0.3 is 5.11 Å². The molecule has 3 nitrogen and oxygen atoms in total. The minimum Gasteiger partial charge on any atom is -0.481 e. The van der Waals surface area contributed by atoms with Crippen LogP contribution in [0.5, 0.6) is 0 Å². The first-order chi connectivity index (χ1) is 7.63. The van der Waals surface area contributed by atoms with Crippen molar-refractivity contribution in [1.29, 1.82) is 0 Å². The van der Waals surface area contributed by atoms with Gasteiger partial charge in [-0.1, -0.05) is 18.0 Å². The molecule has 16 heavy (non-hydrogen) atoms. The molecule has 1 heterocycles. The van der Waals surface area contributed by atoms with Gasteiger partial charge in [0.05, 0.1) is 0 Å². The predicted octanol–water partition coefficient (Wildman–Crippen LogP) is 2.85. The van der Waals surface area contributed by atoms with Gasteiger partial charge in [-0.05, 0) is 38.3 Å². The summed E-state index contributed by atoms with van der Waals surface area (Å²) >= 11 is 5.66. The monoisotopic (exact) mass is 245 g/mol. The van der Waals surface area contributed by atoms with Crippen molar-refractivity contribution in [2.45, 2.75) is 45.1 Å². The lowest BCUT2D eigenvalue weighted by atomic mass is 9.97. The van der Waals surface area contributed by atoms with Gasteiger partial charge in [-0.15, -0.1) is 0 Å². The van der Waals surface area contributed by atoms with Crippen LogP contribution in [0.3, 0.4) is 0 Å². The number of hydrogen-bond acceptors (Lipinski definition) is 2. The van der Waals surface area contributed by atoms with Crippen LogP contribution in [0.4, 0.5) is 0 Å². The molecular weight excluding hydrogens is 226 g/mol. The maximum absolute atomic E-state index is 10.6. The normalized spacial score (nSPS) is 23.4. The Kier molecular flexibility index (Phi) is 5.85. The largest absolute Gasteiger partial charge is 0.481 e. The third-order valence-electron chi connectivity index (χ3n) is 3.08. The van der Waals surface area contributed by atoms with Crippen LogP contribution in [-0.4, -0.2) is 35.1 Å². The Labute approximate surface area is 102 Å². The Hall–Kier alpha value is -0.540. The van der Waals surface area contributed by atoms with Crippen LogP contribution in [0.15, 0.2) is 11.1 Å². The van der Waals surface area contributed by atoms with E-state index in [1.54, 1.807) is 5.54 Å². The van der Waals surface area contributed by atoms with E-state index in [-0.39, 0.29) is 6.42 Å². The topological polar surface area (TPSA) is 40.5 Å². The standard InChI is InChI=1S/C12H20ClNO2/c1-10(8-13)9-14-7-3-2-4-11(14)5-6-12(15)16/h8,11H,2-7,9H2,1H3,(H,15,16). The molecule has 92 valence electrons. The minimum absolute atomic E-state index is 0.269. The molecule has 1 aliphatic heterocycles. The zero-order valence-electron chi connectivity index (χ0n) is 9.79. The average molecular weight is 246 g/mol. The lowest BCUT2D eigenvalue weighted by molar-refractivity contribution is -0.137. The Morgan fingerprint density at radius 1 is 1.56 bits per heavy atom. The highest BCUT2D eigenvalue weighted by molar-refractivity contribution is 6.25. The van der Waals surface area contributed by atoms with Gasteiger partial charge in [0.25, 0.3) is 0 Å². The summed E-state index contributed by atoms with van der Waals surface area (Å²) in [5, 5.41) is 8.71. The van der Waals surface area contributed by atoms with E-state index in [4.69, 9.17) is 16.7 Å². The lowest BCUT2D eigenvalue weighted by Crippen LogP contribution is -2.40. The number of nitrogens with zero attached hydrogens (tertiary/aromatic N) is 1. The molecule has 0 spiro atoms. The van der Waals surface area contributed by atoms with Gasteiger partial charge in [-0.25, -0.2) is 0 Å². The molecule has 4 heteroatoms.